The summed E-state index contributed by atoms with van der Waals surface area (Å²) in [4.78, 5) is 37.7. The number of carbonyl (C=O) groups is 3. The van der Waals surface area contributed by atoms with Gasteiger partial charge in [0.15, 0.2) is 5.54 Å². The molecule has 1 saturated heterocycles. The first-order valence-corrected chi connectivity index (χ1v) is 12.1. The maximum Gasteiger partial charge on any atom is 0.407 e. The van der Waals surface area contributed by atoms with E-state index in [2.05, 4.69) is 34.9 Å². The lowest BCUT2D eigenvalue weighted by Crippen LogP contribution is -2.60. The number of rotatable bonds is 9. The third-order valence-corrected chi connectivity index (χ3v) is 7.53. The van der Waals surface area contributed by atoms with Crippen molar-refractivity contribution in [2.24, 2.45) is 5.41 Å². The first kappa shape index (κ1) is 24.7. The number of amides is 2. The van der Waals surface area contributed by atoms with E-state index in [0.29, 0.717) is 12.8 Å². The molecule has 35 heavy (non-hydrogen) atoms. The molecule has 0 saturated carbocycles. The van der Waals surface area contributed by atoms with E-state index in [1.54, 1.807) is 0 Å². The Hall–Kier alpha value is -3.39. The van der Waals surface area contributed by atoms with E-state index < -0.39 is 28.9 Å². The highest BCUT2D eigenvalue weighted by atomic mass is 16.5. The van der Waals surface area contributed by atoms with Crippen molar-refractivity contribution in [2.45, 2.75) is 44.6 Å². The minimum absolute atomic E-state index is 0.0407. The Labute approximate surface area is 205 Å². The molecule has 1 atom stereocenters. The minimum Gasteiger partial charge on any atom is -0.479 e. The fourth-order valence-electron chi connectivity index (χ4n) is 5.03. The number of aliphatic carboxylic acids is 1. The smallest absolute Gasteiger partial charge is 0.407 e. The van der Waals surface area contributed by atoms with Crippen LogP contribution in [0.15, 0.2) is 48.5 Å². The van der Waals surface area contributed by atoms with Gasteiger partial charge in [0.1, 0.15) is 6.61 Å². The van der Waals surface area contributed by atoms with Gasteiger partial charge in [-0.15, -0.1) is 0 Å². The van der Waals surface area contributed by atoms with Crippen LogP contribution >= 0.6 is 0 Å². The molecule has 2 aromatic carbocycles. The number of alkyl carbamates (subject to hydrolysis) is 1. The summed E-state index contributed by atoms with van der Waals surface area (Å²) in [6.07, 6.45) is 0.450. The Balaban J connectivity index is 1.40. The van der Waals surface area contributed by atoms with E-state index in [-0.39, 0.29) is 38.7 Å². The SMILES string of the molecule is CCC(CC)(CNC(=O)OCC1c2ccccc2-c2ccccc21)C(=O)NC1(C(=O)O)CCOC1. The van der Waals surface area contributed by atoms with Gasteiger partial charge >= 0.3 is 12.1 Å². The molecule has 0 radical (unpaired) electrons. The highest BCUT2D eigenvalue weighted by molar-refractivity contribution is 5.90. The quantitative estimate of drug-likeness (QED) is 0.504. The molecule has 0 bridgehead atoms. The van der Waals surface area contributed by atoms with Crippen LogP contribution in [-0.4, -0.2) is 55.0 Å². The molecule has 2 amide bonds. The minimum atomic E-state index is -1.43. The highest BCUT2D eigenvalue weighted by Gasteiger charge is 2.47. The number of nitrogens with one attached hydrogen (secondary N) is 2. The van der Waals surface area contributed by atoms with Crippen molar-refractivity contribution in [3.8, 4) is 11.1 Å². The Morgan fingerprint density at radius 2 is 1.66 bits per heavy atom. The monoisotopic (exact) mass is 480 g/mol. The molecule has 1 aliphatic carbocycles. The van der Waals surface area contributed by atoms with Gasteiger partial charge in [-0.2, -0.15) is 0 Å². The van der Waals surface area contributed by atoms with Crippen LogP contribution in [0.2, 0.25) is 0 Å². The number of carboxylic acids is 1. The molecule has 2 aliphatic rings. The number of hydrogen-bond donors (Lipinski definition) is 3. The third kappa shape index (κ3) is 4.62. The number of carboxylic acid groups (broad SMARTS) is 1. The second-order valence-corrected chi connectivity index (χ2v) is 9.31. The molecule has 186 valence electrons. The summed E-state index contributed by atoms with van der Waals surface area (Å²) in [5.74, 6) is -1.58. The predicted molar refractivity (Wildman–Crippen MR) is 130 cm³/mol. The van der Waals surface area contributed by atoms with Crippen molar-refractivity contribution in [2.75, 3.05) is 26.4 Å². The van der Waals surface area contributed by atoms with Gasteiger partial charge in [-0.05, 0) is 35.1 Å². The second kappa shape index (κ2) is 10.1. The Morgan fingerprint density at radius 3 is 2.17 bits per heavy atom. The van der Waals surface area contributed by atoms with Crippen molar-refractivity contribution in [3.63, 3.8) is 0 Å². The van der Waals surface area contributed by atoms with Crippen molar-refractivity contribution in [1.29, 1.82) is 0 Å². The molecular weight excluding hydrogens is 448 g/mol. The van der Waals surface area contributed by atoms with Gasteiger partial charge in [0, 0.05) is 25.5 Å². The van der Waals surface area contributed by atoms with E-state index in [1.165, 1.54) is 0 Å². The van der Waals surface area contributed by atoms with Crippen LogP contribution in [0, 0.1) is 5.41 Å². The van der Waals surface area contributed by atoms with Crippen LogP contribution in [-0.2, 0) is 19.1 Å². The third-order valence-electron chi connectivity index (χ3n) is 7.53. The van der Waals surface area contributed by atoms with Crippen molar-refractivity contribution in [1.82, 2.24) is 10.6 Å². The van der Waals surface area contributed by atoms with E-state index in [1.807, 2.05) is 38.1 Å². The first-order valence-electron chi connectivity index (χ1n) is 12.1. The average Bonchev–Trinajstić information content (AvgIpc) is 3.47. The van der Waals surface area contributed by atoms with Crippen molar-refractivity contribution in [3.05, 3.63) is 59.7 Å². The largest absolute Gasteiger partial charge is 0.479 e. The number of ether oxygens (including phenoxy) is 2. The van der Waals surface area contributed by atoms with E-state index in [9.17, 15) is 19.5 Å². The zero-order valence-electron chi connectivity index (χ0n) is 20.1. The lowest BCUT2D eigenvalue weighted by molar-refractivity contribution is -0.149. The summed E-state index contributed by atoms with van der Waals surface area (Å²) in [6.45, 7) is 4.12. The first-order chi connectivity index (χ1) is 16.9. The van der Waals surface area contributed by atoms with Gasteiger partial charge in [-0.1, -0.05) is 62.4 Å². The summed E-state index contributed by atoms with van der Waals surface area (Å²) in [5, 5.41) is 15.1. The summed E-state index contributed by atoms with van der Waals surface area (Å²) in [6, 6.07) is 16.2. The fraction of sp³-hybridized carbons (Fsp3) is 0.444. The summed E-state index contributed by atoms with van der Waals surface area (Å²) in [5.41, 5.74) is 2.14. The van der Waals surface area contributed by atoms with Gasteiger partial charge in [-0.3, -0.25) is 4.79 Å². The molecule has 1 aliphatic heterocycles. The normalized spacial score (nSPS) is 19.0. The van der Waals surface area contributed by atoms with Gasteiger partial charge < -0.3 is 25.2 Å². The number of hydrogen-bond acceptors (Lipinski definition) is 5. The fourth-order valence-corrected chi connectivity index (χ4v) is 5.03. The lowest BCUT2D eigenvalue weighted by Gasteiger charge is -2.34. The van der Waals surface area contributed by atoms with Crippen LogP contribution in [0.4, 0.5) is 4.79 Å². The molecule has 1 unspecified atom stereocenters. The molecular formula is C27H32N2O6. The van der Waals surface area contributed by atoms with Crippen LogP contribution in [0.3, 0.4) is 0 Å². The lowest BCUT2D eigenvalue weighted by atomic mass is 9.80. The van der Waals surface area contributed by atoms with E-state index in [0.717, 1.165) is 22.3 Å². The Morgan fingerprint density at radius 1 is 1.06 bits per heavy atom. The predicted octanol–water partition coefficient (Wildman–Crippen LogP) is 3.69. The van der Waals surface area contributed by atoms with Gasteiger partial charge in [0.25, 0.3) is 0 Å². The average molecular weight is 481 g/mol. The number of benzene rings is 2. The summed E-state index contributed by atoms with van der Waals surface area (Å²) < 4.78 is 10.8. The zero-order chi connectivity index (χ0) is 25.1. The van der Waals surface area contributed by atoms with E-state index >= 15 is 0 Å². The van der Waals surface area contributed by atoms with Crippen LogP contribution in [0.25, 0.3) is 11.1 Å². The maximum atomic E-state index is 13.2. The molecule has 0 spiro atoms. The standard InChI is InChI=1S/C27H32N2O6/c1-3-26(4-2,23(30)29-27(24(31)32)13-14-34-17-27)16-28-25(33)35-15-22-20-11-7-5-9-18(20)19-10-6-8-12-21(19)22/h5-12,22H,3-4,13-17H2,1-2H3,(H,28,33)(H,29,30)(H,31,32). The molecule has 1 fully saturated rings. The maximum absolute atomic E-state index is 13.2. The van der Waals surface area contributed by atoms with Crippen LogP contribution in [0.1, 0.15) is 50.2 Å². The highest BCUT2D eigenvalue weighted by Crippen LogP contribution is 2.44. The summed E-state index contributed by atoms with van der Waals surface area (Å²) in [7, 11) is 0. The second-order valence-electron chi connectivity index (χ2n) is 9.31. The van der Waals surface area contributed by atoms with Crippen molar-refractivity contribution >= 4 is 18.0 Å². The van der Waals surface area contributed by atoms with Crippen LogP contribution < -0.4 is 10.6 Å². The Kier molecular flexibility index (Phi) is 7.12. The molecule has 1 heterocycles. The zero-order valence-corrected chi connectivity index (χ0v) is 20.1. The van der Waals surface area contributed by atoms with E-state index in [4.69, 9.17) is 9.47 Å². The number of carbonyl (C=O) groups excluding carboxylic acids is 2. The molecule has 2 aromatic rings. The van der Waals surface area contributed by atoms with Gasteiger partial charge in [0.05, 0.1) is 12.0 Å². The topological polar surface area (TPSA) is 114 Å². The molecule has 4 rings (SSSR count). The van der Waals surface area contributed by atoms with Crippen LogP contribution in [0.5, 0.6) is 0 Å². The summed E-state index contributed by atoms with van der Waals surface area (Å²) >= 11 is 0. The molecule has 0 aromatic heterocycles. The molecule has 3 N–H and O–H groups in total. The molecule has 8 heteroatoms. The Bertz CT molecular complexity index is 1060. The molecule has 8 nitrogen and oxygen atoms in total. The van der Waals surface area contributed by atoms with Gasteiger partial charge in [0.2, 0.25) is 5.91 Å². The van der Waals surface area contributed by atoms with Gasteiger partial charge in [-0.25, -0.2) is 9.59 Å². The van der Waals surface area contributed by atoms with Crippen molar-refractivity contribution < 1.29 is 29.0 Å². The number of fused-ring (bicyclic) bond motifs is 3.